The van der Waals surface area contributed by atoms with Gasteiger partial charge in [-0.2, -0.15) is 0 Å². The number of benzene rings is 1. The summed E-state index contributed by atoms with van der Waals surface area (Å²) in [5.41, 5.74) is 4.31. The molecule has 0 bridgehead atoms. The molecule has 2 atom stereocenters. The fraction of sp³-hybridized carbons (Fsp3) is 0.455. The minimum atomic E-state index is 0.631. The van der Waals surface area contributed by atoms with Crippen LogP contribution in [0.2, 0.25) is 0 Å². The zero-order valence-electron chi connectivity index (χ0n) is 8.38. The Morgan fingerprint density at radius 1 is 1.00 bits per heavy atom. The van der Waals surface area contributed by atoms with Crippen molar-refractivity contribution in [2.24, 2.45) is 0 Å². The van der Waals surface area contributed by atoms with Crippen LogP contribution in [-0.2, 0) is 12.3 Å². The Labute approximate surface area is 85.9 Å². The van der Waals surface area contributed by atoms with Crippen LogP contribution in [0, 0.1) is 0 Å². The maximum Gasteiger partial charge on any atom is -0.0128 e. The van der Waals surface area contributed by atoms with Crippen molar-refractivity contribution in [3.05, 3.63) is 34.9 Å². The van der Waals surface area contributed by atoms with Crippen LogP contribution in [0.1, 0.15) is 36.5 Å². The van der Waals surface area contributed by atoms with Gasteiger partial charge in [0.1, 0.15) is 0 Å². The second-order valence-corrected chi connectivity index (χ2v) is 4.46. The van der Waals surface area contributed by atoms with Gasteiger partial charge in [0, 0.05) is 0 Å². The largest absolute Gasteiger partial charge is 0.133 e. The van der Waals surface area contributed by atoms with Gasteiger partial charge in [-0.3, -0.25) is 0 Å². The molecule has 2 heteroatoms. The molecule has 0 saturated carbocycles. The van der Waals surface area contributed by atoms with Gasteiger partial charge in [-0.25, -0.2) is 0 Å². The minimum absolute atomic E-state index is 0.631. The molecule has 0 aliphatic heterocycles. The third kappa shape index (κ3) is 3.04. The lowest BCUT2D eigenvalue weighted by molar-refractivity contribution is 0.862. The van der Waals surface area contributed by atoms with E-state index in [0.29, 0.717) is 5.92 Å². The molecule has 13 heavy (non-hydrogen) atoms. The summed E-state index contributed by atoms with van der Waals surface area (Å²) in [6.45, 7) is 4.49. The van der Waals surface area contributed by atoms with Crippen LogP contribution in [0.25, 0.3) is 0 Å². The molecule has 0 spiro atoms. The van der Waals surface area contributed by atoms with E-state index in [1.54, 1.807) is 0 Å². The molecule has 0 saturated heterocycles. The van der Waals surface area contributed by atoms with E-state index < -0.39 is 0 Å². The molecule has 0 fully saturated rings. The van der Waals surface area contributed by atoms with Crippen LogP contribution >= 0.6 is 18.5 Å². The van der Waals surface area contributed by atoms with Gasteiger partial charge in [-0.15, -0.1) is 18.5 Å². The van der Waals surface area contributed by atoms with Crippen molar-refractivity contribution < 1.29 is 0 Å². The lowest BCUT2D eigenvalue weighted by Gasteiger charge is -2.10. The molecule has 72 valence electrons. The predicted molar refractivity (Wildman–Crippen MR) is 67.4 cm³/mol. The normalized spacial score (nSPS) is 10.8. The lowest BCUT2D eigenvalue weighted by Crippen LogP contribution is -1.92. The number of hydrogen-bond acceptors (Lipinski definition) is 0. The highest BCUT2D eigenvalue weighted by Gasteiger charge is 2.02. The van der Waals surface area contributed by atoms with Gasteiger partial charge in [0.15, 0.2) is 0 Å². The molecule has 1 aromatic rings. The zero-order valence-corrected chi connectivity index (χ0v) is 10.7. The summed E-state index contributed by atoms with van der Waals surface area (Å²) in [7, 11) is 5.57. The van der Waals surface area contributed by atoms with Gasteiger partial charge < -0.3 is 0 Å². The fourth-order valence-electron chi connectivity index (χ4n) is 1.36. The van der Waals surface area contributed by atoms with Crippen molar-refractivity contribution in [3.63, 3.8) is 0 Å². The first kappa shape index (κ1) is 11.2. The molecule has 0 amide bonds. The summed E-state index contributed by atoms with van der Waals surface area (Å²) >= 11 is 0. The van der Waals surface area contributed by atoms with Crippen molar-refractivity contribution >= 4 is 18.5 Å². The Bertz CT molecular complexity index is 257. The topological polar surface area (TPSA) is 0 Å². The molecule has 0 N–H and O–H groups in total. The summed E-state index contributed by atoms with van der Waals surface area (Å²) in [4.78, 5) is 0. The van der Waals surface area contributed by atoms with Gasteiger partial charge >= 0.3 is 0 Å². The highest BCUT2D eigenvalue weighted by molar-refractivity contribution is 7.15. The van der Waals surface area contributed by atoms with Gasteiger partial charge in [0.05, 0.1) is 0 Å². The Hall–Kier alpha value is 0.0800. The Balaban J connectivity index is 3.07. The van der Waals surface area contributed by atoms with Crippen LogP contribution in [0.3, 0.4) is 0 Å². The van der Waals surface area contributed by atoms with E-state index in [2.05, 4.69) is 50.5 Å². The fourth-order valence-corrected chi connectivity index (χ4v) is 1.83. The Morgan fingerprint density at radius 2 is 1.46 bits per heavy atom. The molecule has 1 aromatic carbocycles. The smallest absolute Gasteiger partial charge is 0.0128 e. The Morgan fingerprint density at radius 3 is 1.77 bits per heavy atom. The van der Waals surface area contributed by atoms with Gasteiger partial charge in [0.25, 0.3) is 0 Å². The second kappa shape index (κ2) is 5.08. The number of hydrogen-bond donors (Lipinski definition) is 0. The Kier molecular flexibility index (Phi) is 4.36. The first-order valence-corrected chi connectivity index (χ1v) is 6.33. The molecule has 0 aliphatic carbocycles. The maximum atomic E-state index is 2.78. The molecule has 2 unspecified atom stereocenters. The quantitative estimate of drug-likeness (QED) is 0.672. The maximum absolute atomic E-state index is 2.78. The summed E-state index contributed by atoms with van der Waals surface area (Å²) < 4.78 is 0. The highest BCUT2D eigenvalue weighted by Crippen LogP contribution is 2.21. The van der Waals surface area contributed by atoms with Gasteiger partial charge in [-0.05, 0) is 34.9 Å². The average molecular weight is 212 g/mol. The summed E-state index contributed by atoms with van der Waals surface area (Å²) in [5, 5.41) is 0. The third-order valence-electron chi connectivity index (χ3n) is 2.21. The van der Waals surface area contributed by atoms with Crippen molar-refractivity contribution in [2.45, 2.75) is 32.1 Å². The standard InChI is InChI=1S/C11H18P2/c1-8(2)11-4-9(6-12)3-10(5-11)7-13/h3-5,8H,6-7,12-13H2,1-2H3. The van der Waals surface area contributed by atoms with Crippen molar-refractivity contribution in [2.75, 3.05) is 0 Å². The average Bonchev–Trinajstić information content (AvgIpc) is 2.16. The first-order valence-electron chi connectivity index (χ1n) is 4.70. The van der Waals surface area contributed by atoms with Crippen LogP contribution in [0.5, 0.6) is 0 Å². The van der Waals surface area contributed by atoms with E-state index in [0.717, 1.165) is 12.3 Å². The van der Waals surface area contributed by atoms with Crippen LogP contribution in [0.4, 0.5) is 0 Å². The molecule has 0 nitrogen and oxygen atoms in total. The predicted octanol–water partition coefficient (Wildman–Crippen LogP) is 3.56. The van der Waals surface area contributed by atoms with Crippen molar-refractivity contribution in [3.8, 4) is 0 Å². The van der Waals surface area contributed by atoms with Crippen molar-refractivity contribution in [1.29, 1.82) is 0 Å². The van der Waals surface area contributed by atoms with Gasteiger partial charge in [-0.1, -0.05) is 32.0 Å². The van der Waals surface area contributed by atoms with E-state index in [1.165, 1.54) is 16.7 Å². The monoisotopic (exact) mass is 212 g/mol. The SMILES string of the molecule is CC(C)c1cc(CP)cc(CP)c1. The second-order valence-electron chi connectivity index (χ2n) is 3.65. The molecule has 0 aromatic heterocycles. The third-order valence-corrected chi connectivity index (χ3v) is 3.16. The molecular formula is C11H18P2. The summed E-state index contributed by atoms with van der Waals surface area (Å²) in [5.74, 6) is 0.631. The van der Waals surface area contributed by atoms with Gasteiger partial charge in [0.2, 0.25) is 0 Å². The van der Waals surface area contributed by atoms with E-state index >= 15 is 0 Å². The van der Waals surface area contributed by atoms with E-state index in [-0.39, 0.29) is 0 Å². The zero-order chi connectivity index (χ0) is 9.84. The molecule has 1 rings (SSSR count). The molecule has 0 heterocycles. The van der Waals surface area contributed by atoms with E-state index in [4.69, 9.17) is 0 Å². The minimum Gasteiger partial charge on any atom is -0.133 e. The lowest BCUT2D eigenvalue weighted by atomic mass is 9.99. The number of rotatable bonds is 3. The summed E-state index contributed by atoms with van der Waals surface area (Å²) in [6, 6.07) is 6.90. The summed E-state index contributed by atoms with van der Waals surface area (Å²) in [6.07, 6.45) is 2.11. The molecule has 0 radical (unpaired) electrons. The van der Waals surface area contributed by atoms with E-state index in [1.807, 2.05) is 0 Å². The van der Waals surface area contributed by atoms with Crippen LogP contribution < -0.4 is 0 Å². The molecule has 0 aliphatic rings. The first-order chi connectivity index (χ1) is 6.17. The van der Waals surface area contributed by atoms with Crippen LogP contribution in [-0.4, -0.2) is 0 Å². The van der Waals surface area contributed by atoms with Crippen LogP contribution in [0.15, 0.2) is 18.2 Å². The van der Waals surface area contributed by atoms with E-state index in [9.17, 15) is 0 Å². The molecular weight excluding hydrogens is 194 g/mol. The van der Waals surface area contributed by atoms with Crippen molar-refractivity contribution in [1.82, 2.24) is 0 Å². The highest BCUT2D eigenvalue weighted by atomic mass is 31.0.